The number of ether oxygens (including phenoxy) is 1. The van der Waals surface area contributed by atoms with E-state index in [0.29, 0.717) is 49.7 Å². The molecule has 1 aromatic heterocycles. The first-order valence-electron chi connectivity index (χ1n) is 8.10. The van der Waals surface area contributed by atoms with E-state index in [1.165, 1.54) is 18.3 Å². The molecule has 0 spiro atoms. The summed E-state index contributed by atoms with van der Waals surface area (Å²) < 4.78 is 5.36. The van der Waals surface area contributed by atoms with Gasteiger partial charge in [0, 0.05) is 27.2 Å². The first-order chi connectivity index (χ1) is 12.5. The third-order valence-electron chi connectivity index (χ3n) is 3.68. The van der Waals surface area contributed by atoms with Crippen LogP contribution < -0.4 is 15.2 Å². The van der Waals surface area contributed by atoms with Crippen LogP contribution in [0.1, 0.15) is 5.56 Å². The van der Waals surface area contributed by atoms with Crippen LogP contribution in [0, 0.1) is 0 Å². The third-order valence-corrected chi connectivity index (χ3v) is 3.68. The number of rotatable bonds is 5. The molecule has 2 heterocycles. The summed E-state index contributed by atoms with van der Waals surface area (Å²) in [5.74, 6) is 0.995. The number of aromatic nitrogens is 3. The van der Waals surface area contributed by atoms with E-state index < -0.39 is 0 Å². The average molecular weight is 359 g/mol. The van der Waals surface area contributed by atoms with E-state index in [0.717, 1.165) is 0 Å². The van der Waals surface area contributed by atoms with Crippen molar-refractivity contribution < 1.29 is 14.9 Å². The standard InChI is InChI=1S/C16H21N7O3/c1-22(2)15-18-14(19-16(20-15)23-5-7-26-8-6-23)21-17-10-11-3-4-12(24)13(25)9-11/h3-4,9-10,24-25H,5-8H2,1-2H3,(H,18,19,20,21)/b17-10+. The maximum atomic E-state index is 9.51. The summed E-state index contributed by atoms with van der Waals surface area (Å²) in [7, 11) is 3.70. The fourth-order valence-corrected chi connectivity index (χ4v) is 2.29. The molecule has 138 valence electrons. The Labute approximate surface area is 150 Å². The topological polar surface area (TPSA) is 119 Å². The van der Waals surface area contributed by atoms with Crippen LogP contribution in [0.2, 0.25) is 0 Å². The predicted molar refractivity (Wildman–Crippen MR) is 98.2 cm³/mol. The number of nitrogens with one attached hydrogen (secondary N) is 1. The van der Waals surface area contributed by atoms with E-state index in [4.69, 9.17) is 4.74 Å². The highest BCUT2D eigenvalue weighted by atomic mass is 16.5. The smallest absolute Gasteiger partial charge is 0.250 e. The Bertz CT molecular complexity index is 791. The van der Waals surface area contributed by atoms with E-state index in [1.807, 2.05) is 19.0 Å². The zero-order valence-electron chi connectivity index (χ0n) is 14.6. The van der Waals surface area contributed by atoms with E-state index in [9.17, 15) is 10.2 Å². The van der Waals surface area contributed by atoms with Crippen LogP contribution in [-0.2, 0) is 4.74 Å². The molecule has 0 radical (unpaired) electrons. The van der Waals surface area contributed by atoms with Gasteiger partial charge < -0.3 is 24.7 Å². The molecule has 0 amide bonds. The van der Waals surface area contributed by atoms with Gasteiger partial charge in [0.1, 0.15) is 0 Å². The summed E-state index contributed by atoms with van der Waals surface area (Å²) in [6.45, 7) is 2.70. The van der Waals surface area contributed by atoms with Crippen LogP contribution in [0.15, 0.2) is 23.3 Å². The van der Waals surface area contributed by atoms with Gasteiger partial charge in [-0.05, 0) is 23.8 Å². The fraction of sp³-hybridized carbons (Fsp3) is 0.375. The number of morpholine rings is 1. The van der Waals surface area contributed by atoms with Crippen LogP contribution >= 0.6 is 0 Å². The van der Waals surface area contributed by atoms with Gasteiger partial charge in [0.2, 0.25) is 17.8 Å². The van der Waals surface area contributed by atoms with E-state index in [-0.39, 0.29) is 11.5 Å². The van der Waals surface area contributed by atoms with Gasteiger partial charge in [-0.3, -0.25) is 0 Å². The van der Waals surface area contributed by atoms with E-state index in [2.05, 4.69) is 25.5 Å². The van der Waals surface area contributed by atoms with Gasteiger partial charge in [-0.2, -0.15) is 20.1 Å². The highest BCUT2D eigenvalue weighted by molar-refractivity contribution is 5.81. The Hall–Kier alpha value is -3.14. The minimum atomic E-state index is -0.210. The molecule has 26 heavy (non-hydrogen) atoms. The Balaban J connectivity index is 1.78. The zero-order valence-corrected chi connectivity index (χ0v) is 14.6. The lowest BCUT2D eigenvalue weighted by Gasteiger charge is -2.27. The Kier molecular flexibility index (Phi) is 5.32. The van der Waals surface area contributed by atoms with Gasteiger partial charge in [0.15, 0.2) is 11.5 Å². The molecule has 1 saturated heterocycles. The SMILES string of the molecule is CN(C)c1nc(N/N=C/c2ccc(O)c(O)c2)nc(N2CCOCC2)n1. The van der Waals surface area contributed by atoms with Crippen LogP contribution in [0.3, 0.4) is 0 Å². The summed E-state index contributed by atoms with van der Waals surface area (Å²) in [5, 5.41) is 22.9. The van der Waals surface area contributed by atoms with Gasteiger partial charge in [-0.1, -0.05) is 0 Å². The molecule has 1 aromatic carbocycles. The monoisotopic (exact) mass is 359 g/mol. The predicted octanol–water partition coefficient (Wildman–Crippen LogP) is 0.631. The Morgan fingerprint density at radius 2 is 1.92 bits per heavy atom. The molecule has 2 aromatic rings. The van der Waals surface area contributed by atoms with Crippen molar-refractivity contribution in [3.05, 3.63) is 23.8 Å². The second kappa shape index (κ2) is 7.83. The highest BCUT2D eigenvalue weighted by Crippen LogP contribution is 2.24. The molecule has 0 unspecified atom stereocenters. The van der Waals surface area contributed by atoms with E-state index >= 15 is 0 Å². The maximum absolute atomic E-state index is 9.51. The van der Waals surface area contributed by atoms with Crippen molar-refractivity contribution in [2.45, 2.75) is 0 Å². The minimum Gasteiger partial charge on any atom is -0.504 e. The Morgan fingerprint density at radius 3 is 2.62 bits per heavy atom. The number of hydrogen-bond donors (Lipinski definition) is 3. The molecule has 10 heteroatoms. The molecule has 1 fully saturated rings. The lowest BCUT2D eigenvalue weighted by molar-refractivity contribution is 0.122. The van der Waals surface area contributed by atoms with Crippen molar-refractivity contribution in [2.24, 2.45) is 5.10 Å². The van der Waals surface area contributed by atoms with Crippen molar-refractivity contribution in [3.8, 4) is 11.5 Å². The van der Waals surface area contributed by atoms with Crippen molar-refractivity contribution in [2.75, 3.05) is 55.6 Å². The van der Waals surface area contributed by atoms with Crippen molar-refractivity contribution in [1.82, 2.24) is 15.0 Å². The van der Waals surface area contributed by atoms with Crippen LogP contribution in [0.5, 0.6) is 11.5 Å². The number of phenolic OH excluding ortho intramolecular Hbond substituents is 2. The zero-order chi connectivity index (χ0) is 18.5. The van der Waals surface area contributed by atoms with Gasteiger partial charge in [-0.25, -0.2) is 5.43 Å². The molecule has 0 aliphatic carbocycles. The summed E-state index contributed by atoms with van der Waals surface area (Å²) in [5.41, 5.74) is 3.39. The fourth-order valence-electron chi connectivity index (χ4n) is 2.29. The van der Waals surface area contributed by atoms with Gasteiger partial charge in [-0.15, -0.1) is 0 Å². The van der Waals surface area contributed by atoms with Crippen LogP contribution in [-0.4, -0.2) is 71.8 Å². The minimum absolute atomic E-state index is 0.182. The molecular formula is C16H21N7O3. The highest BCUT2D eigenvalue weighted by Gasteiger charge is 2.17. The first kappa shape index (κ1) is 17.7. The van der Waals surface area contributed by atoms with Crippen LogP contribution in [0.4, 0.5) is 17.8 Å². The van der Waals surface area contributed by atoms with Crippen molar-refractivity contribution >= 4 is 24.1 Å². The Morgan fingerprint density at radius 1 is 1.15 bits per heavy atom. The molecule has 10 nitrogen and oxygen atoms in total. The molecule has 0 saturated carbocycles. The first-order valence-corrected chi connectivity index (χ1v) is 8.10. The van der Waals surface area contributed by atoms with Gasteiger partial charge in [0.25, 0.3) is 0 Å². The second-order valence-electron chi connectivity index (χ2n) is 5.87. The second-order valence-corrected chi connectivity index (χ2v) is 5.87. The molecule has 3 rings (SSSR count). The van der Waals surface area contributed by atoms with Gasteiger partial charge >= 0.3 is 0 Å². The molecule has 3 N–H and O–H groups in total. The lowest BCUT2D eigenvalue weighted by atomic mass is 10.2. The number of phenols is 2. The number of aromatic hydroxyl groups is 2. The van der Waals surface area contributed by atoms with E-state index in [1.54, 1.807) is 11.0 Å². The summed E-state index contributed by atoms with van der Waals surface area (Å²) in [6.07, 6.45) is 1.49. The summed E-state index contributed by atoms with van der Waals surface area (Å²) >= 11 is 0. The molecule has 1 aliphatic rings. The number of benzene rings is 1. The molecular weight excluding hydrogens is 338 g/mol. The average Bonchev–Trinajstić information content (AvgIpc) is 2.65. The summed E-state index contributed by atoms with van der Waals surface area (Å²) in [4.78, 5) is 17.0. The quantitative estimate of drug-likeness (QED) is 0.401. The molecule has 0 bridgehead atoms. The largest absolute Gasteiger partial charge is 0.504 e. The third kappa shape index (κ3) is 4.28. The number of anilines is 3. The molecule has 1 aliphatic heterocycles. The maximum Gasteiger partial charge on any atom is 0.250 e. The van der Waals surface area contributed by atoms with Crippen LogP contribution in [0.25, 0.3) is 0 Å². The number of hydrazone groups is 1. The number of hydrogen-bond acceptors (Lipinski definition) is 10. The van der Waals surface area contributed by atoms with Crippen molar-refractivity contribution in [1.29, 1.82) is 0 Å². The van der Waals surface area contributed by atoms with Crippen molar-refractivity contribution in [3.63, 3.8) is 0 Å². The number of nitrogens with zero attached hydrogens (tertiary/aromatic N) is 6. The van der Waals surface area contributed by atoms with Gasteiger partial charge in [0.05, 0.1) is 19.4 Å². The summed E-state index contributed by atoms with van der Waals surface area (Å²) in [6, 6.07) is 4.41. The lowest BCUT2D eigenvalue weighted by Crippen LogP contribution is -2.37. The normalized spacial score (nSPS) is 14.6. The molecule has 0 atom stereocenters.